The van der Waals surface area contributed by atoms with Crippen molar-refractivity contribution >= 4 is 67.1 Å². The fraction of sp³-hybridized carbons (Fsp3) is 0. The quantitative estimate of drug-likeness (QED) is 0.397. The van der Waals surface area contributed by atoms with Crippen LogP contribution in [0.4, 0.5) is 0 Å². The molecule has 0 atom stereocenters. The minimum Gasteiger partial charge on any atom is 0 e. The van der Waals surface area contributed by atoms with Crippen molar-refractivity contribution in [3.05, 3.63) is 0 Å². The molecule has 0 heterocycles. The zero-order chi connectivity index (χ0) is 0. The van der Waals surface area contributed by atoms with Crippen LogP contribution in [-0.4, -0.2) is 72.6 Å². The first kappa shape index (κ1) is 46.2. The topological polar surface area (TPSA) is 31.5 Å². The van der Waals surface area contributed by atoms with E-state index in [0.29, 0.717) is 0 Å². The average molecular weight is 352 g/mol. The number of hydrogen-bond acceptors (Lipinski definition) is 0. The Morgan fingerprint density at radius 2 is 1.00 bits per heavy atom. The predicted molar refractivity (Wildman–Crippen MR) is 32.0 cm³/mol. The molecule has 28 valence electrons. The molecular formula is H10AlInOSnZn. The molecule has 0 aliphatic carbocycles. The smallest absolute Gasteiger partial charge is 0 e. The molecule has 5 heavy (non-hydrogen) atoms. The number of rotatable bonds is 0. The third-order valence-corrected chi connectivity index (χ3v) is 0. The molecule has 0 aromatic rings. The molecule has 0 aromatic carbocycles. The third-order valence-electron chi connectivity index (χ3n) is 0. The van der Waals surface area contributed by atoms with E-state index >= 15 is 0 Å². The summed E-state index contributed by atoms with van der Waals surface area (Å²) in [5.41, 5.74) is 0. The van der Waals surface area contributed by atoms with Gasteiger partial charge < -0.3 is 5.48 Å². The fourth-order valence-corrected chi connectivity index (χ4v) is 0. The Morgan fingerprint density at radius 3 is 1.00 bits per heavy atom. The molecule has 0 unspecified atom stereocenters. The maximum absolute atomic E-state index is 0. The van der Waals surface area contributed by atoms with E-state index in [-0.39, 0.29) is 92.1 Å². The first-order valence-electron chi connectivity index (χ1n) is 0. The summed E-state index contributed by atoms with van der Waals surface area (Å²) in [6.07, 6.45) is 0. The van der Waals surface area contributed by atoms with Crippen molar-refractivity contribution in [3.8, 4) is 0 Å². The molecule has 0 aromatic heterocycles. The van der Waals surface area contributed by atoms with Crippen molar-refractivity contribution in [3.63, 3.8) is 0 Å². The van der Waals surface area contributed by atoms with Gasteiger partial charge in [0.15, 0.2) is 17.4 Å². The van der Waals surface area contributed by atoms with E-state index in [9.17, 15) is 0 Å². The Kier molecular flexibility index (Phi) is 271. The fourth-order valence-electron chi connectivity index (χ4n) is 0. The molecule has 0 bridgehead atoms. The molecule has 0 amide bonds. The van der Waals surface area contributed by atoms with Gasteiger partial charge in [-0.15, -0.1) is 0 Å². The zero-order valence-electron chi connectivity index (χ0n) is 1.91. The maximum Gasteiger partial charge on any atom is 0 e. The molecule has 0 aliphatic rings. The largest absolute Gasteiger partial charge is 0 e. The average Bonchev–Trinajstić information content (AvgIpc) is 0. The first-order chi connectivity index (χ1) is 0. The van der Waals surface area contributed by atoms with Crippen LogP contribution in [0.5, 0.6) is 0 Å². The Hall–Kier alpha value is 2.78. The van der Waals surface area contributed by atoms with Gasteiger partial charge in [0.25, 0.3) is 0 Å². The van der Waals surface area contributed by atoms with Crippen molar-refractivity contribution in [1.82, 2.24) is 0 Å². The van der Waals surface area contributed by atoms with Crippen LogP contribution in [-0.2, 0) is 19.5 Å². The summed E-state index contributed by atoms with van der Waals surface area (Å²) in [6.45, 7) is 0. The zero-order valence-corrected chi connectivity index (χ0v) is 8.92. The SMILES string of the molecule is O.[AlH3].[InH3].[SnH2].[Zn]. The summed E-state index contributed by atoms with van der Waals surface area (Å²) in [5, 5.41) is 0. The van der Waals surface area contributed by atoms with Crippen molar-refractivity contribution in [2.75, 3.05) is 0 Å². The van der Waals surface area contributed by atoms with Crippen molar-refractivity contribution in [1.29, 1.82) is 0 Å². The molecule has 0 fully saturated rings. The summed E-state index contributed by atoms with van der Waals surface area (Å²) >= 11 is 0. The van der Waals surface area contributed by atoms with E-state index in [1.54, 1.807) is 0 Å². The van der Waals surface area contributed by atoms with Gasteiger partial charge in [-0.25, -0.2) is 0 Å². The Balaban J connectivity index is 0. The molecular weight excluding hydrogens is 342 g/mol. The number of hydrogen-bond donors (Lipinski definition) is 0. The molecule has 0 saturated heterocycles. The minimum absolute atomic E-state index is 0. The molecule has 5 heteroatoms. The van der Waals surface area contributed by atoms with Gasteiger partial charge in [-0.05, 0) is 0 Å². The van der Waals surface area contributed by atoms with Crippen LogP contribution in [0.3, 0.4) is 0 Å². The molecule has 0 saturated carbocycles. The van der Waals surface area contributed by atoms with Gasteiger partial charge in [0.2, 0.25) is 0 Å². The van der Waals surface area contributed by atoms with Crippen LogP contribution < -0.4 is 0 Å². The van der Waals surface area contributed by atoms with Crippen molar-refractivity contribution in [2.45, 2.75) is 0 Å². The Labute approximate surface area is 90.6 Å². The van der Waals surface area contributed by atoms with Crippen molar-refractivity contribution < 1.29 is 25.0 Å². The monoisotopic (exact) mass is 352 g/mol. The molecule has 2 N–H and O–H groups in total. The van der Waals surface area contributed by atoms with E-state index in [0.717, 1.165) is 0 Å². The van der Waals surface area contributed by atoms with Gasteiger partial charge in [0.05, 0.1) is 0 Å². The molecule has 2 radical (unpaired) electrons. The molecule has 0 aliphatic heterocycles. The summed E-state index contributed by atoms with van der Waals surface area (Å²) in [7, 11) is 0. The van der Waals surface area contributed by atoms with Gasteiger partial charge >= 0.3 is 49.8 Å². The van der Waals surface area contributed by atoms with E-state index in [1.165, 1.54) is 0 Å². The standard InChI is InChI=1S/Al.In.H2O.Sn.Zn.8H/h;;1H2;;;;;;;;;;. The molecule has 0 spiro atoms. The second-order valence-electron chi connectivity index (χ2n) is 0. The van der Waals surface area contributed by atoms with Gasteiger partial charge in [0, 0.05) is 19.5 Å². The summed E-state index contributed by atoms with van der Waals surface area (Å²) in [5.74, 6) is 0. The summed E-state index contributed by atoms with van der Waals surface area (Å²) in [6, 6.07) is 0. The second kappa shape index (κ2) is 29.3. The predicted octanol–water partition coefficient (Wildman–Crippen LogP) is -4.11. The molecule has 0 rings (SSSR count). The summed E-state index contributed by atoms with van der Waals surface area (Å²) < 4.78 is 0. The van der Waals surface area contributed by atoms with Crippen LogP contribution in [0.25, 0.3) is 0 Å². The van der Waals surface area contributed by atoms with Gasteiger partial charge in [-0.3, -0.25) is 0 Å². The second-order valence-corrected chi connectivity index (χ2v) is 0. The van der Waals surface area contributed by atoms with Gasteiger partial charge in [-0.2, -0.15) is 0 Å². The maximum atomic E-state index is 0. The van der Waals surface area contributed by atoms with Gasteiger partial charge in [0.1, 0.15) is 0 Å². The summed E-state index contributed by atoms with van der Waals surface area (Å²) in [4.78, 5) is 0. The van der Waals surface area contributed by atoms with Crippen LogP contribution in [0.1, 0.15) is 0 Å². The van der Waals surface area contributed by atoms with Crippen molar-refractivity contribution in [2.24, 2.45) is 0 Å². The Morgan fingerprint density at radius 1 is 1.00 bits per heavy atom. The minimum atomic E-state index is 0. The van der Waals surface area contributed by atoms with Crippen LogP contribution in [0, 0.1) is 0 Å². The van der Waals surface area contributed by atoms with Gasteiger partial charge in [-0.1, -0.05) is 0 Å². The van der Waals surface area contributed by atoms with E-state index in [1.807, 2.05) is 0 Å². The third kappa shape index (κ3) is 20.0. The van der Waals surface area contributed by atoms with E-state index in [4.69, 9.17) is 0 Å². The molecule has 1 nitrogen and oxygen atoms in total. The van der Waals surface area contributed by atoms with Crippen LogP contribution >= 0.6 is 0 Å². The van der Waals surface area contributed by atoms with E-state index < -0.39 is 0 Å². The van der Waals surface area contributed by atoms with E-state index in [2.05, 4.69) is 0 Å². The Bertz CT molecular complexity index is 11.6. The van der Waals surface area contributed by atoms with Crippen LogP contribution in [0.2, 0.25) is 0 Å². The van der Waals surface area contributed by atoms with Crippen LogP contribution in [0.15, 0.2) is 0 Å². The normalized spacial score (nSPS) is 0. The first-order valence-corrected chi connectivity index (χ1v) is 0.